The molecule has 0 radical (unpaired) electrons. The molecule has 21 heavy (non-hydrogen) atoms. The second kappa shape index (κ2) is 6.80. The van der Waals surface area contributed by atoms with Crippen LogP contribution in [0.4, 0.5) is 0 Å². The number of nitrogens with one attached hydrogen (secondary N) is 1. The van der Waals surface area contributed by atoms with Crippen molar-refractivity contribution in [3.8, 4) is 0 Å². The van der Waals surface area contributed by atoms with Crippen LogP contribution in [-0.2, 0) is 4.74 Å². The monoisotopic (exact) mass is 309 g/mol. The fourth-order valence-electron chi connectivity index (χ4n) is 3.45. The Bertz CT molecular complexity index is 442. The van der Waals surface area contributed by atoms with Gasteiger partial charge in [0.05, 0.1) is 11.6 Å². The molecule has 1 saturated carbocycles. The average molecular weight is 310 g/mol. The lowest BCUT2D eigenvalue weighted by Crippen LogP contribution is -2.49. The SMILES string of the molecule is CCCNC(c1sccc1C)C1(OC)CCC(C)(C)CC1. The maximum atomic E-state index is 6.15. The Hall–Kier alpha value is -0.380. The summed E-state index contributed by atoms with van der Waals surface area (Å²) >= 11 is 1.87. The highest BCUT2D eigenvalue weighted by molar-refractivity contribution is 7.10. The molecule has 2 nitrogen and oxygen atoms in total. The summed E-state index contributed by atoms with van der Waals surface area (Å²) in [5.41, 5.74) is 1.82. The van der Waals surface area contributed by atoms with Gasteiger partial charge >= 0.3 is 0 Å². The van der Waals surface area contributed by atoms with Crippen LogP contribution in [0, 0.1) is 12.3 Å². The fourth-order valence-corrected chi connectivity index (χ4v) is 4.55. The van der Waals surface area contributed by atoms with E-state index in [-0.39, 0.29) is 5.60 Å². The minimum atomic E-state index is -0.0414. The van der Waals surface area contributed by atoms with Crippen molar-refractivity contribution in [2.75, 3.05) is 13.7 Å². The van der Waals surface area contributed by atoms with Gasteiger partial charge in [0.1, 0.15) is 0 Å². The summed E-state index contributed by atoms with van der Waals surface area (Å²) in [5.74, 6) is 0. The number of thiophene rings is 1. The van der Waals surface area contributed by atoms with Gasteiger partial charge in [0.25, 0.3) is 0 Å². The van der Waals surface area contributed by atoms with Gasteiger partial charge in [-0.1, -0.05) is 20.8 Å². The average Bonchev–Trinajstić information content (AvgIpc) is 2.87. The molecule has 120 valence electrons. The zero-order valence-corrected chi connectivity index (χ0v) is 15.1. The summed E-state index contributed by atoms with van der Waals surface area (Å²) in [7, 11) is 1.90. The minimum absolute atomic E-state index is 0.0414. The number of ether oxygens (including phenoxy) is 1. The lowest BCUT2D eigenvalue weighted by molar-refractivity contribution is -0.0869. The maximum absolute atomic E-state index is 6.15. The predicted octanol–water partition coefficient (Wildman–Crippen LogP) is 5.08. The highest BCUT2D eigenvalue weighted by Gasteiger charge is 2.45. The summed E-state index contributed by atoms with van der Waals surface area (Å²) in [6, 6.07) is 2.56. The van der Waals surface area contributed by atoms with Crippen LogP contribution < -0.4 is 5.32 Å². The maximum Gasteiger partial charge on any atom is 0.0881 e. The van der Waals surface area contributed by atoms with Gasteiger partial charge in [-0.25, -0.2) is 0 Å². The molecule has 3 heteroatoms. The second-order valence-electron chi connectivity index (χ2n) is 7.29. The van der Waals surface area contributed by atoms with Crippen LogP contribution in [0.15, 0.2) is 11.4 Å². The third-order valence-corrected chi connectivity index (χ3v) is 6.23. The zero-order valence-electron chi connectivity index (χ0n) is 14.3. The molecule has 1 aliphatic rings. The van der Waals surface area contributed by atoms with E-state index in [1.165, 1.54) is 23.3 Å². The lowest BCUT2D eigenvalue weighted by Gasteiger charge is -2.47. The van der Waals surface area contributed by atoms with E-state index in [0.717, 1.165) is 25.8 Å². The van der Waals surface area contributed by atoms with Crippen molar-refractivity contribution in [2.45, 2.75) is 71.4 Å². The largest absolute Gasteiger partial charge is 0.376 e. The zero-order chi connectivity index (χ0) is 15.5. The predicted molar refractivity (Wildman–Crippen MR) is 92.1 cm³/mol. The first-order valence-electron chi connectivity index (χ1n) is 8.27. The fraction of sp³-hybridized carbons (Fsp3) is 0.778. The first-order chi connectivity index (χ1) is 9.94. The van der Waals surface area contributed by atoms with E-state index in [0.29, 0.717) is 11.5 Å². The summed E-state index contributed by atoms with van der Waals surface area (Å²) in [5, 5.41) is 6.00. The van der Waals surface area contributed by atoms with Crippen LogP contribution in [0.3, 0.4) is 0 Å². The highest BCUT2D eigenvalue weighted by Crippen LogP contribution is 2.48. The van der Waals surface area contributed by atoms with Gasteiger partial charge in [0, 0.05) is 12.0 Å². The van der Waals surface area contributed by atoms with Gasteiger partial charge in [-0.05, 0) is 68.0 Å². The van der Waals surface area contributed by atoms with Crippen molar-refractivity contribution >= 4 is 11.3 Å². The van der Waals surface area contributed by atoms with E-state index in [9.17, 15) is 0 Å². The van der Waals surface area contributed by atoms with Crippen LogP contribution in [0.2, 0.25) is 0 Å². The molecular formula is C18H31NOS. The third kappa shape index (κ3) is 3.69. The number of hydrogen-bond acceptors (Lipinski definition) is 3. The van der Waals surface area contributed by atoms with Crippen LogP contribution in [0.25, 0.3) is 0 Å². The Balaban J connectivity index is 2.27. The van der Waals surface area contributed by atoms with E-state index >= 15 is 0 Å². The summed E-state index contributed by atoms with van der Waals surface area (Å²) in [6.07, 6.45) is 5.95. The molecule has 1 aromatic heterocycles. The van der Waals surface area contributed by atoms with Crippen molar-refractivity contribution in [3.63, 3.8) is 0 Å². The molecule has 1 N–H and O–H groups in total. The molecule has 0 saturated heterocycles. The van der Waals surface area contributed by atoms with Crippen molar-refractivity contribution in [1.82, 2.24) is 5.32 Å². The van der Waals surface area contributed by atoms with Crippen molar-refractivity contribution < 1.29 is 4.74 Å². The standard InChI is InChI=1S/C18H31NOS/c1-6-12-19-16(15-14(2)7-13-21-15)18(20-5)10-8-17(3,4)9-11-18/h7,13,16,19H,6,8-12H2,1-5H3. The molecule has 1 unspecified atom stereocenters. The van der Waals surface area contributed by atoms with Gasteiger partial charge < -0.3 is 10.1 Å². The number of aryl methyl sites for hydroxylation is 1. The molecule has 1 aromatic rings. The van der Waals surface area contributed by atoms with Gasteiger partial charge in [0.2, 0.25) is 0 Å². The molecule has 1 atom stereocenters. The molecule has 1 heterocycles. The highest BCUT2D eigenvalue weighted by atomic mass is 32.1. The molecule has 0 aliphatic heterocycles. The number of rotatable bonds is 6. The molecular weight excluding hydrogens is 278 g/mol. The van der Waals surface area contributed by atoms with Crippen LogP contribution >= 0.6 is 11.3 Å². The molecule has 2 rings (SSSR count). The van der Waals surface area contributed by atoms with Crippen LogP contribution in [0.1, 0.15) is 69.4 Å². The van der Waals surface area contributed by atoms with Gasteiger partial charge in [0.15, 0.2) is 0 Å². The third-order valence-electron chi connectivity index (χ3n) is 5.14. The minimum Gasteiger partial charge on any atom is -0.376 e. The van der Waals surface area contributed by atoms with E-state index in [1.54, 1.807) is 0 Å². The first kappa shape index (κ1) is 17.0. The smallest absolute Gasteiger partial charge is 0.0881 e. The summed E-state index contributed by atoms with van der Waals surface area (Å²) < 4.78 is 6.15. The molecule has 0 bridgehead atoms. The molecule has 0 spiro atoms. The summed E-state index contributed by atoms with van der Waals surface area (Å²) in [4.78, 5) is 1.46. The first-order valence-corrected chi connectivity index (χ1v) is 9.14. The molecule has 0 amide bonds. The Morgan fingerprint density at radius 3 is 2.43 bits per heavy atom. The molecule has 1 aliphatic carbocycles. The van der Waals surface area contributed by atoms with Crippen molar-refractivity contribution in [3.05, 3.63) is 21.9 Å². The van der Waals surface area contributed by atoms with Crippen molar-refractivity contribution in [2.24, 2.45) is 5.41 Å². The van der Waals surface area contributed by atoms with E-state index in [1.807, 2.05) is 18.4 Å². The van der Waals surface area contributed by atoms with Crippen LogP contribution in [0.5, 0.6) is 0 Å². The van der Waals surface area contributed by atoms with Gasteiger partial charge in [-0.2, -0.15) is 0 Å². The van der Waals surface area contributed by atoms with Gasteiger partial charge in [-0.15, -0.1) is 11.3 Å². The second-order valence-corrected chi connectivity index (χ2v) is 8.24. The Kier molecular flexibility index (Phi) is 5.50. The normalized spacial score (nSPS) is 22.1. The Morgan fingerprint density at radius 1 is 1.29 bits per heavy atom. The van der Waals surface area contributed by atoms with E-state index < -0.39 is 0 Å². The topological polar surface area (TPSA) is 21.3 Å². The van der Waals surface area contributed by atoms with E-state index in [4.69, 9.17) is 4.74 Å². The van der Waals surface area contributed by atoms with Crippen LogP contribution in [-0.4, -0.2) is 19.3 Å². The van der Waals surface area contributed by atoms with E-state index in [2.05, 4.69) is 44.5 Å². The van der Waals surface area contributed by atoms with Crippen molar-refractivity contribution in [1.29, 1.82) is 0 Å². The quantitative estimate of drug-likeness (QED) is 0.791. The number of methoxy groups -OCH3 is 1. The molecule has 1 fully saturated rings. The number of hydrogen-bond donors (Lipinski definition) is 1. The van der Waals surface area contributed by atoms with Gasteiger partial charge in [-0.3, -0.25) is 0 Å². The summed E-state index contributed by atoms with van der Waals surface area (Å²) in [6.45, 7) is 10.3. The molecule has 0 aromatic carbocycles. The Morgan fingerprint density at radius 2 is 1.95 bits per heavy atom. The lowest BCUT2D eigenvalue weighted by atomic mass is 9.68. The Labute approximate surface area is 134 Å².